The molecule has 0 radical (unpaired) electrons. The predicted octanol–water partition coefficient (Wildman–Crippen LogP) is 3.18. The van der Waals surface area contributed by atoms with Gasteiger partial charge in [0.1, 0.15) is 5.75 Å². The highest BCUT2D eigenvalue weighted by Crippen LogP contribution is 2.29. The molecule has 2 N–H and O–H groups in total. The molecule has 0 aromatic heterocycles. The molecule has 1 aromatic carbocycles. The van der Waals surface area contributed by atoms with E-state index >= 15 is 0 Å². The lowest BCUT2D eigenvalue weighted by molar-refractivity contribution is -0.122. The van der Waals surface area contributed by atoms with Gasteiger partial charge in [-0.1, -0.05) is 19.4 Å². The van der Waals surface area contributed by atoms with E-state index in [1.54, 1.807) is 7.11 Å². The van der Waals surface area contributed by atoms with E-state index in [1.807, 2.05) is 29.2 Å². The summed E-state index contributed by atoms with van der Waals surface area (Å²) in [7, 11) is 1.61. The lowest BCUT2D eigenvalue weighted by Gasteiger charge is -2.38. The summed E-state index contributed by atoms with van der Waals surface area (Å²) in [4.78, 5) is 29.4. The molecule has 2 fully saturated rings. The molecular weight excluding hydrogens is 380 g/mol. The second kappa shape index (κ2) is 11.2. The zero-order chi connectivity index (χ0) is 21.3. The molecule has 2 saturated heterocycles. The van der Waals surface area contributed by atoms with Crippen molar-refractivity contribution in [2.75, 3.05) is 51.7 Å². The summed E-state index contributed by atoms with van der Waals surface area (Å²) in [6.07, 6.45) is 4.94. The Bertz CT molecular complexity index is 705. The molecule has 0 saturated carbocycles. The van der Waals surface area contributed by atoms with Gasteiger partial charge in [-0.2, -0.15) is 0 Å². The maximum Gasteiger partial charge on any atom is 0.321 e. The Morgan fingerprint density at radius 3 is 2.70 bits per heavy atom. The SMILES string of the molecule is CC[C@H]1CN(C(=O)Nc2cccc(OC)c2)CC[C@H]1CC(=O)NCCN1CCCC1. The van der Waals surface area contributed by atoms with E-state index in [0.717, 1.165) is 44.7 Å². The van der Waals surface area contributed by atoms with Crippen molar-refractivity contribution in [3.8, 4) is 5.75 Å². The van der Waals surface area contributed by atoms with Crippen LogP contribution in [0.15, 0.2) is 24.3 Å². The Hall–Kier alpha value is -2.28. The first-order valence-electron chi connectivity index (χ1n) is 11.3. The van der Waals surface area contributed by atoms with E-state index in [9.17, 15) is 9.59 Å². The molecule has 0 bridgehead atoms. The summed E-state index contributed by atoms with van der Waals surface area (Å²) in [6, 6.07) is 7.29. The quantitative estimate of drug-likeness (QED) is 0.683. The molecule has 3 amide bonds. The molecule has 30 heavy (non-hydrogen) atoms. The molecule has 166 valence electrons. The summed E-state index contributed by atoms with van der Waals surface area (Å²) < 4.78 is 5.22. The number of nitrogens with one attached hydrogen (secondary N) is 2. The fourth-order valence-corrected chi connectivity index (χ4v) is 4.57. The highest BCUT2D eigenvalue weighted by atomic mass is 16.5. The van der Waals surface area contributed by atoms with Crippen LogP contribution in [0.25, 0.3) is 0 Å². The van der Waals surface area contributed by atoms with E-state index in [1.165, 1.54) is 12.8 Å². The molecule has 7 nitrogen and oxygen atoms in total. The molecule has 0 aliphatic carbocycles. The predicted molar refractivity (Wildman–Crippen MR) is 119 cm³/mol. The van der Waals surface area contributed by atoms with Crippen molar-refractivity contribution in [2.24, 2.45) is 11.8 Å². The number of anilines is 1. The van der Waals surface area contributed by atoms with E-state index in [0.29, 0.717) is 37.1 Å². The number of hydrogen-bond acceptors (Lipinski definition) is 4. The molecule has 1 aromatic rings. The molecular formula is C23H36N4O3. The van der Waals surface area contributed by atoms with Crippen molar-refractivity contribution < 1.29 is 14.3 Å². The van der Waals surface area contributed by atoms with Crippen LogP contribution in [-0.2, 0) is 4.79 Å². The second-order valence-corrected chi connectivity index (χ2v) is 8.43. The number of piperidine rings is 1. The van der Waals surface area contributed by atoms with Crippen LogP contribution in [0.2, 0.25) is 0 Å². The van der Waals surface area contributed by atoms with Gasteiger partial charge < -0.3 is 25.2 Å². The van der Waals surface area contributed by atoms with Gasteiger partial charge in [0.05, 0.1) is 7.11 Å². The van der Waals surface area contributed by atoms with Crippen molar-refractivity contribution >= 4 is 17.6 Å². The number of methoxy groups -OCH3 is 1. The van der Waals surface area contributed by atoms with Gasteiger partial charge in [-0.15, -0.1) is 0 Å². The fourth-order valence-electron chi connectivity index (χ4n) is 4.57. The number of carbonyl (C=O) groups excluding carboxylic acids is 2. The van der Waals surface area contributed by atoms with Gasteiger partial charge in [0.25, 0.3) is 0 Å². The van der Waals surface area contributed by atoms with E-state index in [4.69, 9.17) is 4.74 Å². The van der Waals surface area contributed by atoms with Crippen LogP contribution < -0.4 is 15.4 Å². The third-order valence-corrected chi connectivity index (χ3v) is 6.42. The van der Waals surface area contributed by atoms with Gasteiger partial charge in [-0.05, 0) is 56.3 Å². The number of amides is 3. The minimum absolute atomic E-state index is 0.0878. The number of nitrogens with zero attached hydrogens (tertiary/aromatic N) is 2. The molecule has 2 aliphatic rings. The number of hydrogen-bond donors (Lipinski definition) is 2. The van der Waals surface area contributed by atoms with Crippen LogP contribution in [0.1, 0.15) is 39.0 Å². The van der Waals surface area contributed by atoms with Crippen LogP contribution in [0.5, 0.6) is 5.75 Å². The minimum Gasteiger partial charge on any atom is -0.497 e. The summed E-state index contributed by atoms with van der Waals surface area (Å²) in [5, 5.41) is 6.06. The molecule has 2 atom stereocenters. The normalized spacial score (nSPS) is 22.0. The molecule has 2 aliphatic heterocycles. The van der Waals surface area contributed by atoms with Gasteiger partial charge in [0.2, 0.25) is 5.91 Å². The topological polar surface area (TPSA) is 73.9 Å². The average Bonchev–Trinajstić information content (AvgIpc) is 3.27. The van der Waals surface area contributed by atoms with E-state index < -0.39 is 0 Å². The van der Waals surface area contributed by atoms with Crippen molar-refractivity contribution in [3.05, 3.63) is 24.3 Å². The standard InChI is InChI=1S/C23H36N4O3/c1-3-18-17-27(23(29)25-20-7-6-8-21(16-20)30-2)13-9-19(18)15-22(28)24-10-14-26-11-4-5-12-26/h6-8,16,18-19H,3-5,9-15,17H2,1-2H3,(H,24,28)(H,25,29)/t18-,19-/m0/s1. The number of rotatable bonds is 8. The smallest absolute Gasteiger partial charge is 0.321 e. The Morgan fingerprint density at radius 2 is 1.97 bits per heavy atom. The van der Waals surface area contributed by atoms with Crippen LogP contribution in [-0.4, -0.2) is 68.1 Å². The van der Waals surface area contributed by atoms with Crippen LogP contribution in [0.3, 0.4) is 0 Å². The summed E-state index contributed by atoms with van der Waals surface area (Å²) in [6.45, 7) is 7.51. The Kier molecular flexibility index (Phi) is 8.37. The van der Waals surface area contributed by atoms with Crippen LogP contribution >= 0.6 is 0 Å². The monoisotopic (exact) mass is 416 g/mol. The molecule has 3 rings (SSSR count). The van der Waals surface area contributed by atoms with Gasteiger partial charge in [0.15, 0.2) is 0 Å². The highest BCUT2D eigenvalue weighted by Gasteiger charge is 2.31. The third kappa shape index (κ3) is 6.36. The lowest BCUT2D eigenvalue weighted by Crippen LogP contribution is -2.46. The zero-order valence-corrected chi connectivity index (χ0v) is 18.4. The number of benzene rings is 1. The van der Waals surface area contributed by atoms with Crippen molar-refractivity contribution in [2.45, 2.75) is 39.0 Å². The number of carbonyl (C=O) groups is 2. The van der Waals surface area contributed by atoms with Crippen molar-refractivity contribution in [1.82, 2.24) is 15.1 Å². The largest absolute Gasteiger partial charge is 0.497 e. The van der Waals surface area contributed by atoms with Gasteiger partial charge in [-0.3, -0.25) is 4.79 Å². The van der Waals surface area contributed by atoms with E-state index in [2.05, 4.69) is 22.5 Å². The van der Waals surface area contributed by atoms with Crippen molar-refractivity contribution in [3.63, 3.8) is 0 Å². The first kappa shape index (κ1) is 22.4. The Labute approximate surface area is 180 Å². The van der Waals surface area contributed by atoms with E-state index in [-0.39, 0.29) is 11.9 Å². The van der Waals surface area contributed by atoms with Crippen LogP contribution in [0.4, 0.5) is 10.5 Å². The number of urea groups is 1. The maximum absolute atomic E-state index is 12.7. The first-order chi connectivity index (χ1) is 14.6. The van der Waals surface area contributed by atoms with Gasteiger partial charge in [0, 0.05) is 44.4 Å². The van der Waals surface area contributed by atoms with Gasteiger partial charge in [-0.25, -0.2) is 4.79 Å². The fraction of sp³-hybridized carbons (Fsp3) is 0.652. The molecule has 0 unspecified atom stereocenters. The van der Waals surface area contributed by atoms with Crippen LogP contribution in [0, 0.1) is 11.8 Å². The second-order valence-electron chi connectivity index (χ2n) is 8.43. The first-order valence-corrected chi connectivity index (χ1v) is 11.3. The Balaban J connectivity index is 1.44. The minimum atomic E-state index is -0.0878. The zero-order valence-electron chi connectivity index (χ0n) is 18.4. The number of likely N-dealkylation sites (tertiary alicyclic amines) is 2. The number of ether oxygens (including phenoxy) is 1. The molecule has 0 spiro atoms. The van der Waals surface area contributed by atoms with Crippen molar-refractivity contribution in [1.29, 1.82) is 0 Å². The highest BCUT2D eigenvalue weighted by molar-refractivity contribution is 5.89. The average molecular weight is 417 g/mol. The third-order valence-electron chi connectivity index (χ3n) is 6.42. The maximum atomic E-state index is 12.7. The summed E-state index contributed by atoms with van der Waals surface area (Å²) in [5.41, 5.74) is 0.729. The summed E-state index contributed by atoms with van der Waals surface area (Å²) in [5.74, 6) is 1.54. The lowest BCUT2D eigenvalue weighted by atomic mass is 9.81. The molecule has 7 heteroatoms. The Morgan fingerprint density at radius 1 is 1.17 bits per heavy atom. The summed E-state index contributed by atoms with van der Waals surface area (Å²) >= 11 is 0. The van der Waals surface area contributed by atoms with Gasteiger partial charge >= 0.3 is 6.03 Å². The molecule has 2 heterocycles.